The van der Waals surface area contributed by atoms with Crippen LogP contribution in [-0.2, 0) is 12.0 Å². The van der Waals surface area contributed by atoms with E-state index in [4.69, 9.17) is 10.2 Å². The van der Waals surface area contributed by atoms with E-state index in [0.717, 1.165) is 11.3 Å². The summed E-state index contributed by atoms with van der Waals surface area (Å²) in [5.41, 5.74) is 6.96. The van der Waals surface area contributed by atoms with E-state index in [1.807, 2.05) is 13.8 Å². The molecule has 1 aliphatic rings. The highest BCUT2D eigenvalue weighted by molar-refractivity contribution is 8.13. The zero-order valence-corrected chi connectivity index (χ0v) is 15.4. The van der Waals surface area contributed by atoms with Gasteiger partial charge in [0.15, 0.2) is 11.0 Å². The smallest absolute Gasteiger partial charge is 0.170 e. The van der Waals surface area contributed by atoms with Crippen molar-refractivity contribution >= 4 is 22.7 Å². The van der Waals surface area contributed by atoms with Crippen LogP contribution in [0.4, 0.5) is 4.39 Å². The molecular formula is C19H21FN2O2S. The molecule has 1 aromatic carbocycles. The van der Waals surface area contributed by atoms with Gasteiger partial charge in [0.1, 0.15) is 17.3 Å². The van der Waals surface area contributed by atoms with Crippen LogP contribution in [0.2, 0.25) is 0 Å². The average molecular weight is 360 g/mol. The van der Waals surface area contributed by atoms with Crippen LogP contribution in [0.3, 0.4) is 0 Å². The largest absolute Gasteiger partial charge is 0.466 e. The number of rotatable bonds is 4. The van der Waals surface area contributed by atoms with Crippen molar-refractivity contribution in [1.82, 2.24) is 0 Å². The zero-order valence-electron chi connectivity index (χ0n) is 14.6. The highest BCUT2D eigenvalue weighted by Gasteiger charge is 2.32. The van der Waals surface area contributed by atoms with E-state index in [0.29, 0.717) is 34.2 Å². The summed E-state index contributed by atoms with van der Waals surface area (Å²) >= 11 is 1.48. The number of carbonyl (C=O) groups is 1. The number of hydrogen-bond donors (Lipinski definition) is 1. The second-order valence-electron chi connectivity index (χ2n) is 6.56. The molecule has 1 unspecified atom stereocenters. The number of benzene rings is 1. The Balaban J connectivity index is 1.91. The molecule has 0 fully saturated rings. The lowest BCUT2D eigenvalue weighted by Gasteiger charge is -2.30. The summed E-state index contributed by atoms with van der Waals surface area (Å²) in [5, 5.41) is 0.471. The lowest BCUT2D eigenvalue weighted by atomic mass is 9.87. The number of halogens is 1. The molecule has 132 valence electrons. The number of aryl methyl sites for hydroxylation is 2. The lowest BCUT2D eigenvalue weighted by Crippen LogP contribution is -2.29. The van der Waals surface area contributed by atoms with Crippen molar-refractivity contribution in [2.75, 3.05) is 5.75 Å². The van der Waals surface area contributed by atoms with E-state index in [9.17, 15) is 9.18 Å². The van der Waals surface area contributed by atoms with E-state index in [1.54, 1.807) is 25.1 Å². The fraction of sp³-hybridized carbons (Fsp3) is 0.368. The van der Waals surface area contributed by atoms with Crippen LogP contribution in [0.15, 0.2) is 33.7 Å². The number of carbonyl (C=O) groups excluding carboxylic acids is 1. The van der Waals surface area contributed by atoms with Crippen molar-refractivity contribution in [3.8, 4) is 0 Å². The summed E-state index contributed by atoms with van der Waals surface area (Å²) in [7, 11) is 0. The van der Waals surface area contributed by atoms with Gasteiger partial charge in [0.05, 0.1) is 11.1 Å². The maximum Gasteiger partial charge on any atom is 0.170 e. The Labute approximate surface area is 150 Å². The molecular weight excluding hydrogens is 339 g/mol. The van der Waals surface area contributed by atoms with Gasteiger partial charge in [0.2, 0.25) is 0 Å². The Morgan fingerprint density at radius 2 is 2.16 bits per heavy atom. The Morgan fingerprint density at radius 1 is 1.40 bits per heavy atom. The number of hydrogen-bond acceptors (Lipinski definition) is 5. The van der Waals surface area contributed by atoms with Gasteiger partial charge in [-0.05, 0) is 51.0 Å². The second-order valence-corrected chi connectivity index (χ2v) is 7.68. The molecule has 2 heterocycles. The topological polar surface area (TPSA) is 68.6 Å². The summed E-state index contributed by atoms with van der Waals surface area (Å²) in [6.45, 7) is 5.46. The van der Waals surface area contributed by atoms with Crippen LogP contribution in [0.5, 0.6) is 0 Å². The molecule has 4 nitrogen and oxygen atoms in total. The van der Waals surface area contributed by atoms with Gasteiger partial charge in [-0.25, -0.2) is 4.39 Å². The van der Waals surface area contributed by atoms with Gasteiger partial charge in [0.25, 0.3) is 0 Å². The van der Waals surface area contributed by atoms with Gasteiger partial charge in [0, 0.05) is 17.7 Å². The van der Waals surface area contributed by atoms with Gasteiger partial charge >= 0.3 is 0 Å². The monoisotopic (exact) mass is 360 g/mol. The first-order valence-electron chi connectivity index (χ1n) is 8.16. The molecule has 0 aliphatic carbocycles. The summed E-state index contributed by atoms with van der Waals surface area (Å²) in [5.74, 6) is 1.75. The van der Waals surface area contributed by atoms with E-state index in [-0.39, 0.29) is 18.0 Å². The molecule has 0 saturated carbocycles. The summed E-state index contributed by atoms with van der Waals surface area (Å²) in [4.78, 5) is 17.0. The lowest BCUT2D eigenvalue weighted by molar-refractivity contribution is 0.0991. The number of thioether (sulfide) groups is 1. The minimum atomic E-state index is -0.694. The third-order valence-electron chi connectivity index (χ3n) is 4.51. The molecule has 0 bridgehead atoms. The maximum absolute atomic E-state index is 14.4. The molecule has 25 heavy (non-hydrogen) atoms. The molecule has 0 radical (unpaired) electrons. The Bertz CT molecular complexity index is 859. The van der Waals surface area contributed by atoms with Crippen LogP contribution in [-0.4, -0.2) is 16.7 Å². The molecule has 2 N–H and O–H groups in total. The number of nitrogens with zero attached hydrogens (tertiary/aromatic N) is 1. The van der Waals surface area contributed by atoms with Crippen molar-refractivity contribution in [1.29, 1.82) is 0 Å². The summed E-state index contributed by atoms with van der Waals surface area (Å²) in [6, 6.07) is 6.53. The Morgan fingerprint density at radius 3 is 2.80 bits per heavy atom. The number of nitrogens with two attached hydrogens (primary N) is 1. The number of furan rings is 1. The fourth-order valence-corrected chi connectivity index (χ4v) is 4.14. The van der Waals surface area contributed by atoms with Crippen LogP contribution in [0, 0.1) is 19.7 Å². The standard InChI is InChI=1S/C19H21FN2O2S/c1-11-8-14(12(2)24-11)17(23)10-13-4-5-16(20)15(9-13)19(3)6-7-25-18(21)22-19/h4-5,8-9H,6-7,10H2,1-3H3,(H2,21,22). The van der Waals surface area contributed by atoms with Gasteiger partial charge < -0.3 is 10.2 Å². The maximum atomic E-state index is 14.4. The van der Waals surface area contributed by atoms with E-state index < -0.39 is 5.54 Å². The van der Waals surface area contributed by atoms with Crippen molar-refractivity contribution < 1.29 is 13.6 Å². The van der Waals surface area contributed by atoms with Crippen molar-refractivity contribution in [3.63, 3.8) is 0 Å². The number of aliphatic imine (C=N–C) groups is 1. The molecule has 1 atom stereocenters. The third-order valence-corrected chi connectivity index (χ3v) is 5.31. The van der Waals surface area contributed by atoms with Crippen molar-refractivity contribution in [3.05, 3.63) is 58.3 Å². The predicted octanol–water partition coefficient (Wildman–Crippen LogP) is 4.13. The molecule has 0 spiro atoms. The van der Waals surface area contributed by atoms with E-state index >= 15 is 0 Å². The normalized spacial score (nSPS) is 20.4. The van der Waals surface area contributed by atoms with E-state index in [2.05, 4.69) is 4.99 Å². The highest BCUT2D eigenvalue weighted by atomic mass is 32.2. The predicted molar refractivity (Wildman–Crippen MR) is 98.7 cm³/mol. The minimum Gasteiger partial charge on any atom is -0.466 e. The molecule has 0 amide bonds. The van der Waals surface area contributed by atoms with E-state index in [1.165, 1.54) is 17.8 Å². The molecule has 1 aliphatic heterocycles. The summed E-state index contributed by atoms with van der Waals surface area (Å²) < 4.78 is 19.9. The second kappa shape index (κ2) is 6.67. The van der Waals surface area contributed by atoms with Crippen LogP contribution in [0.1, 0.15) is 46.3 Å². The molecule has 2 aromatic rings. The SMILES string of the molecule is Cc1cc(C(=O)Cc2ccc(F)c(C3(C)CCSC(N)=N3)c2)c(C)o1. The first-order chi connectivity index (χ1) is 11.8. The first kappa shape index (κ1) is 17.7. The zero-order chi connectivity index (χ0) is 18.2. The van der Waals surface area contributed by atoms with Gasteiger partial charge in [-0.2, -0.15) is 0 Å². The molecule has 1 aromatic heterocycles. The molecule has 0 saturated heterocycles. The van der Waals surface area contributed by atoms with Gasteiger partial charge in [-0.1, -0.05) is 17.8 Å². The minimum absolute atomic E-state index is 0.0423. The van der Waals surface area contributed by atoms with Gasteiger partial charge in [-0.15, -0.1) is 0 Å². The average Bonchev–Trinajstić information content (AvgIpc) is 2.87. The first-order valence-corrected chi connectivity index (χ1v) is 9.14. The third kappa shape index (κ3) is 3.63. The molecule has 6 heteroatoms. The van der Waals surface area contributed by atoms with Crippen LogP contribution >= 0.6 is 11.8 Å². The number of ketones is 1. The Hall–Kier alpha value is -2.08. The van der Waals surface area contributed by atoms with Gasteiger partial charge in [-0.3, -0.25) is 9.79 Å². The van der Waals surface area contributed by atoms with Crippen LogP contribution in [0.25, 0.3) is 0 Å². The van der Waals surface area contributed by atoms with Crippen molar-refractivity contribution in [2.45, 2.75) is 39.2 Å². The fourth-order valence-electron chi connectivity index (χ4n) is 3.16. The number of Topliss-reactive ketones (excluding diaryl/α,β-unsaturated/α-hetero) is 1. The van der Waals surface area contributed by atoms with Crippen molar-refractivity contribution in [2.24, 2.45) is 10.7 Å². The quantitative estimate of drug-likeness (QED) is 0.833. The Kier molecular flexibility index (Phi) is 4.73. The highest BCUT2D eigenvalue weighted by Crippen LogP contribution is 2.36. The van der Waals surface area contributed by atoms with Crippen LogP contribution < -0.4 is 5.73 Å². The summed E-state index contributed by atoms with van der Waals surface area (Å²) in [6.07, 6.45) is 0.893. The number of amidine groups is 1. The molecule has 3 rings (SSSR count).